The monoisotopic (exact) mass is 314 g/mol. The Morgan fingerprint density at radius 1 is 1.39 bits per heavy atom. The smallest absolute Gasteiger partial charge is 0.338 e. The minimum Gasteiger partial charge on any atom is -0.507 e. The van der Waals surface area contributed by atoms with Crippen molar-refractivity contribution in [2.75, 3.05) is 7.11 Å². The van der Waals surface area contributed by atoms with Crippen molar-refractivity contribution in [1.82, 2.24) is 0 Å². The molecule has 6 heteroatoms. The third-order valence-electron chi connectivity index (χ3n) is 1.99. The summed E-state index contributed by atoms with van der Waals surface area (Å²) in [5, 5.41) is 9.61. The standard InChI is InChI=1S/C12H11BrO5/c1-6(2)11(15)18-9-5-7(12(16)17-3)4-8(14)10(9)13/h4-5,14H,1H2,2-3H3. The van der Waals surface area contributed by atoms with Crippen LogP contribution < -0.4 is 4.74 Å². The summed E-state index contributed by atoms with van der Waals surface area (Å²) in [5.41, 5.74) is 0.271. The number of aromatic hydroxyl groups is 1. The fraction of sp³-hybridized carbons (Fsp3) is 0.167. The number of hydrogen-bond acceptors (Lipinski definition) is 5. The molecule has 0 aromatic heterocycles. The number of esters is 2. The van der Waals surface area contributed by atoms with Crippen LogP contribution in [0.15, 0.2) is 28.8 Å². The maximum absolute atomic E-state index is 11.4. The van der Waals surface area contributed by atoms with E-state index < -0.39 is 11.9 Å². The molecular weight excluding hydrogens is 304 g/mol. The number of rotatable bonds is 3. The second kappa shape index (κ2) is 5.68. The molecule has 0 aliphatic heterocycles. The zero-order chi connectivity index (χ0) is 13.9. The summed E-state index contributed by atoms with van der Waals surface area (Å²) in [5.74, 6) is -1.52. The van der Waals surface area contributed by atoms with Crippen LogP contribution in [0.25, 0.3) is 0 Å². The van der Waals surface area contributed by atoms with Gasteiger partial charge in [0, 0.05) is 5.57 Å². The molecule has 0 aliphatic rings. The Balaban J connectivity index is 3.18. The largest absolute Gasteiger partial charge is 0.507 e. The van der Waals surface area contributed by atoms with Crippen molar-refractivity contribution in [1.29, 1.82) is 0 Å². The average molecular weight is 315 g/mol. The fourth-order valence-electron chi connectivity index (χ4n) is 1.08. The van der Waals surface area contributed by atoms with E-state index in [0.717, 1.165) is 0 Å². The van der Waals surface area contributed by atoms with Gasteiger partial charge in [-0.15, -0.1) is 0 Å². The first-order valence-corrected chi connectivity index (χ1v) is 5.64. The van der Waals surface area contributed by atoms with Crippen molar-refractivity contribution in [3.63, 3.8) is 0 Å². The molecule has 5 nitrogen and oxygen atoms in total. The summed E-state index contributed by atoms with van der Waals surface area (Å²) >= 11 is 3.05. The highest BCUT2D eigenvalue weighted by atomic mass is 79.9. The number of phenolic OH excluding ortho intramolecular Hbond substituents is 1. The fourth-order valence-corrected chi connectivity index (χ4v) is 1.39. The van der Waals surface area contributed by atoms with Crippen molar-refractivity contribution in [2.24, 2.45) is 0 Å². The van der Waals surface area contributed by atoms with Crippen LogP contribution >= 0.6 is 15.9 Å². The Labute approximate surface area is 112 Å². The molecule has 0 unspecified atom stereocenters. The minimum atomic E-state index is -0.655. The molecular formula is C12H11BrO5. The van der Waals surface area contributed by atoms with Crippen molar-refractivity contribution in [2.45, 2.75) is 6.92 Å². The molecule has 1 N–H and O–H groups in total. The van der Waals surface area contributed by atoms with Crippen LogP contribution in [-0.2, 0) is 9.53 Å². The van der Waals surface area contributed by atoms with Crippen LogP contribution in [-0.4, -0.2) is 24.2 Å². The van der Waals surface area contributed by atoms with Gasteiger partial charge in [0.1, 0.15) is 16.0 Å². The maximum Gasteiger partial charge on any atom is 0.338 e. The van der Waals surface area contributed by atoms with Crippen molar-refractivity contribution >= 4 is 27.9 Å². The number of carbonyl (C=O) groups is 2. The molecule has 96 valence electrons. The zero-order valence-electron chi connectivity index (χ0n) is 9.82. The summed E-state index contributed by atoms with van der Waals surface area (Å²) in [6.45, 7) is 4.92. The number of ether oxygens (including phenoxy) is 2. The molecule has 1 aromatic carbocycles. The Hall–Kier alpha value is -1.82. The zero-order valence-corrected chi connectivity index (χ0v) is 11.4. The van der Waals surface area contributed by atoms with Gasteiger partial charge < -0.3 is 14.6 Å². The van der Waals surface area contributed by atoms with Crippen LogP contribution in [0.2, 0.25) is 0 Å². The Bertz CT molecular complexity index is 521. The Morgan fingerprint density at radius 3 is 2.50 bits per heavy atom. The predicted molar refractivity (Wildman–Crippen MR) is 67.6 cm³/mol. The molecule has 0 spiro atoms. The average Bonchev–Trinajstić information content (AvgIpc) is 2.33. The third kappa shape index (κ3) is 3.10. The van der Waals surface area contributed by atoms with Gasteiger partial charge in [0.15, 0.2) is 0 Å². The van der Waals surface area contributed by atoms with Gasteiger partial charge in [-0.1, -0.05) is 6.58 Å². The molecule has 1 rings (SSSR count). The van der Waals surface area contributed by atoms with Gasteiger partial charge in [0.25, 0.3) is 0 Å². The number of halogens is 1. The van der Waals surface area contributed by atoms with Gasteiger partial charge in [-0.25, -0.2) is 9.59 Å². The quantitative estimate of drug-likeness (QED) is 0.527. The van der Waals surface area contributed by atoms with Crippen LogP contribution in [0.1, 0.15) is 17.3 Å². The number of carbonyl (C=O) groups excluding carboxylic acids is 2. The number of benzene rings is 1. The molecule has 0 radical (unpaired) electrons. The van der Waals surface area contributed by atoms with E-state index >= 15 is 0 Å². The number of methoxy groups -OCH3 is 1. The first-order valence-electron chi connectivity index (χ1n) is 4.85. The van der Waals surface area contributed by atoms with Crippen LogP contribution in [0.5, 0.6) is 11.5 Å². The van der Waals surface area contributed by atoms with Gasteiger partial charge >= 0.3 is 11.9 Å². The van der Waals surface area contributed by atoms with Crippen LogP contribution in [0.3, 0.4) is 0 Å². The molecule has 0 atom stereocenters. The SMILES string of the molecule is C=C(C)C(=O)Oc1cc(C(=O)OC)cc(O)c1Br. The lowest BCUT2D eigenvalue weighted by Gasteiger charge is -2.09. The molecule has 18 heavy (non-hydrogen) atoms. The molecule has 0 amide bonds. The topological polar surface area (TPSA) is 72.8 Å². The number of phenols is 1. The van der Waals surface area contributed by atoms with E-state index in [0.29, 0.717) is 0 Å². The summed E-state index contributed by atoms with van der Waals surface area (Å²) < 4.78 is 9.66. The minimum absolute atomic E-state index is 0.0170. The van der Waals surface area contributed by atoms with Crippen LogP contribution in [0.4, 0.5) is 0 Å². The molecule has 0 bridgehead atoms. The lowest BCUT2D eigenvalue weighted by molar-refractivity contribution is -0.130. The Kier molecular flexibility index (Phi) is 4.49. The van der Waals surface area contributed by atoms with Gasteiger partial charge in [0.2, 0.25) is 0 Å². The second-order valence-corrected chi connectivity index (χ2v) is 4.26. The third-order valence-corrected chi connectivity index (χ3v) is 2.79. The summed E-state index contributed by atoms with van der Waals surface area (Å²) in [4.78, 5) is 22.7. The van der Waals surface area contributed by atoms with Crippen molar-refractivity contribution in [3.8, 4) is 11.5 Å². The molecule has 0 heterocycles. The predicted octanol–water partition coefficient (Wildman–Crippen LogP) is 2.42. The second-order valence-electron chi connectivity index (χ2n) is 3.47. The van der Waals surface area contributed by atoms with E-state index in [1.54, 1.807) is 0 Å². The highest BCUT2D eigenvalue weighted by molar-refractivity contribution is 9.10. The van der Waals surface area contributed by atoms with E-state index in [-0.39, 0.29) is 27.1 Å². The van der Waals surface area contributed by atoms with E-state index in [2.05, 4.69) is 27.2 Å². The molecule has 0 saturated heterocycles. The van der Waals surface area contributed by atoms with E-state index in [1.165, 1.54) is 26.2 Å². The van der Waals surface area contributed by atoms with Gasteiger partial charge in [0.05, 0.1) is 12.7 Å². The van der Waals surface area contributed by atoms with E-state index in [4.69, 9.17) is 4.74 Å². The molecule has 0 aliphatic carbocycles. The lowest BCUT2D eigenvalue weighted by atomic mass is 10.2. The summed E-state index contributed by atoms with van der Waals surface area (Å²) in [6.07, 6.45) is 0. The molecule has 1 aromatic rings. The van der Waals surface area contributed by atoms with E-state index in [1.807, 2.05) is 0 Å². The summed E-state index contributed by atoms with van der Waals surface area (Å²) in [6, 6.07) is 2.49. The van der Waals surface area contributed by atoms with Gasteiger partial charge in [-0.2, -0.15) is 0 Å². The first-order chi connectivity index (χ1) is 8.36. The summed E-state index contributed by atoms with van der Waals surface area (Å²) in [7, 11) is 1.21. The lowest BCUT2D eigenvalue weighted by Crippen LogP contribution is -2.10. The van der Waals surface area contributed by atoms with Gasteiger partial charge in [-0.05, 0) is 35.0 Å². The highest BCUT2D eigenvalue weighted by Crippen LogP contribution is 2.35. The highest BCUT2D eigenvalue weighted by Gasteiger charge is 2.16. The van der Waals surface area contributed by atoms with E-state index in [9.17, 15) is 14.7 Å². The molecule has 0 fully saturated rings. The van der Waals surface area contributed by atoms with Gasteiger partial charge in [-0.3, -0.25) is 0 Å². The maximum atomic E-state index is 11.4. The van der Waals surface area contributed by atoms with Crippen molar-refractivity contribution < 1.29 is 24.2 Å². The normalized spacial score (nSPS) is 9.72. The van der Waals surface area contributed by atoms with Crippen molar-refractivity contribution in [3.05, 3.63) is 34.3 Å². The first kappa shape index (κ1) is 14.2. The molecule has 0 saturated carbocycles. The Morgan fingerprint density at radius 2 is 2.00 bits per heavy atom. The van der Waals surface area contributed by atoms with Crippen LogP contribution in [0, 0.1) is 0 Å². The number of hydrogen-bond donors (Lipinski definition) is 1.